The van der Waals surface area contributed by atoms with Gasteiger partial charge in [-0.2, -0.15) is 0 Å². The average molecular weight is 346 g/mol. The van der Waals surface area contributed by atoms with E-state index in [9.17, 15) is 4.79 Å². The number of benzene rings is 2. The van der Waals surface area contributed by atoms with Gasteiger partial charge in [-0.05, 0) is 29.8 Å². The topological polar surface area (TPSA) is 63.2 Å². The molecule has 0 radical (unpaired) electrons. The van der Waals surface area contributed by atoms with Gasteiger partial charge in [0.2, 0.25) is 5.75 Å². The molecule has 0 aromatic heterocycles. The summed E-state index contributed by atoms with van der Waals surface area (Å²) in [6.45, 7) is 0.253. The summed E-state index contributed by atoms with van der Waals surface area (Å²) < 4.78 is 26.3. The molecular weight excluding hydrogens is 324 g/mol. The summed E-state index contributed by atoms with van der Waals surface area (Å²) in [6.07, 6.45) is 0.603. The van der Waals surface area contributed by atoms with E-state index in [-0.39, 0.29) is 17.9 Å². The van der Waals surface area contributed by atoms with E-state index in [0.717, 1.165) is 11.3 Å². The van der Waals surface area contributed by atoms with Gasteiger partial charge in [-0.3, -0.25) is 0 Å². The molecule has 0 atom stereocenters. The van der Waals surface area contributed by atoms with Crippen LogP contribution in [0.1, 0.15) is 15.9 Å². The Morgan fingerprint density at radius 1 is 0.800 bits per heavy atom. The first-order chi connectivity index (χ1) is 12.1. The molecular formula is C19H22O6. The Morgan fingerprint density at radius 3 is 2.04 bits per heavy atom. The van der Waals surface area contributed by atoms with Crippen LogP contribution in [0.3, 0.4) is 0 Å². The molecule has 0 saturated heterocycles. The van der Waals surface area contributed by atoms with Crippen molar-refractivity contribution >= 4 is 5.97 Å². The summed E-state index contributed by atoms with van der Waals surface area (Å²) in [6, 6.07) is 10.8. The van der Waals surface area contributed by atoms with Crippen LogP contribution in [0.15, 0.2) is 36.4 Å². The van der Waals surface area contributed by atoms with Crippen molar-refractivity contribution in [2.75, 3.05) is 35.0 Å². The molecule has 0 amide bonds. The quantitative estimate of drug-likeness (QED) is 0.685. The van der Waals surface area contributed by atoms with Crippen molar-refractivity contribution < 1.29 is 28.5 Å². The zero-order valence-corrected chi connectivity index (χ0v) is 14.8. The first-order valence-corrected chi connectivity index (χ1v) is 7.73. The maximum Gasteiger partial charge on any atom is 0.342 e. The van der Waals surface area contributed by atoms with Gasteiger partial charge in [0.15, 0.2) is 11.5 Å². The minimum absolute atomic E-state index is 0.253. The predicted octanol–water partition coefficient (Wildman–Crippen LogP) is 3.12. The van der Waals surface area contributed by atoms with E-state index in [2.05, 4.69) is 0 Å². The second kappa shape index (κ2) is 8.82. The van der Waals surface area contributed by atoms with E-state index in [1.807, 2.05) is 24.3 Å². The molecule has 0 spiro atoms. The molecule has 0 bridgehead atoms. The zero-order valence-electron chi connectivity index (χ0n) is 14.8. The number of carbonyl (C=O) groups excluding carboxylic acids is 1. The van der Waals surface area contributed by atoms with Crippen molar-refractivity contribution in [1.82, 2.24) is 0 Å². The van der Waals surface area contributed by atoms with E-state index in [1.54, 1.807) is 19.2 Å². The Bertz CT molecular complexity index is 709. The van der Waals surface area contributed by atoms with Gasteiger partial charge in [-0.1, -0.05) is 12.1 Å². The lowest BCUT2D eigenvalue weighted by Crippen LogP contribution is -2.10. The van der Waals surface area contributed by atoms with E-state index < -0.39 is 5.97 Å². The third-order valence-corrected chi connectivity index (χ3v) is 3.71. The summed E-state index contributed by atoms with van der Waals surface area (Å²) in [5.41, 5.74) is 1.34. The molecule has 2 rings (SSSR count). The van der Waals surface area contributed by atoms with Gasteiger partial charge in [-0.15, -0.1) is 0 Å². The SMILES string of the molecule is COc1ccc(CCOC(=O)c2ccc(OC)c(OC)c2OC)cc1. The summed E-state index contributed by atoms with van der Waals surface area (Å²) in [5, 5.41) is 0. The average Bonchev–Trinajstić information content (AvgIpc) is 2.66. The van der Waals surface area contributed by atoms with Gasteiger partial charge in [0.1, 0.15) is 11.3 Å². The lowest BCUT2D eigenvalue weighted by molar-refractivity contribution is 0.0505. The number of carbonyl (C=O) groups is 1. The van der Waals surface area contributed by atoms with Crippen LogP contribution in [0.2, 0.25) is 0 Å². The van der Waals surface area contributed by atoms with Gasteiger partial charge in [-0.25, -0.2) is 4.79 Å². The van der Waals surface area contributed by atoms with Crippen LogP contribution in [-0.4, -0.2) is 41.0 Å². The second-order valence-corrected chi connectivity index (χ2v) is 5.12. The first-order valence-electron chi connectivity index (χ1n) is 7.73. The highest BCUT2D eigenvalue weighted by atomic mass is 16.5. The fraction of sp³-hybridized carbons (Fsp3) is 0.316. The fourth-order valence-electron chi connectivity index (χ4n) is 2.39. The number of hydrogen-bond donors (Lipinski definition) is 0. The molecule has 6 heteroatoms. The normalized spacial score (nSPS) is 10.1. The molecule has 0 heterocycles. The Labute approximate surface area is 147 Å². The number of esters is 1. The van der Waals surface area contributed by atoms with Crippen LogP contribution in [0.5, 0.6) is 23.0 Å². The standard InChI is InChI=1S/C19H22O6/c1-21-14-7-5-13(6-8-14)11-12-25-19(20)15-9-10-16(22-2)18(24-4)17(15)23-3/h5-10H,11-12H2,1-4H3. The molecule has 134 valence electrons. The highest BCUT2D eigenvalue weighted by Gasteiger charge is 2.21. The molecule has 0 aliphatic carbocycles. The lowest BCUT2D eigenvalue weighted by Gasteiger charge is -2.15. The molecule has 2 aromatic carbocycles. The molecule has 0 aliphatic rings. The van der Waals surface area contributed by atoms with Gasteiger partial charge < -0.3 is 23.7 Å². The highest BCUT2D eigenvalue weighted by Crippen LogP contribution is 2.39. The van der Waals surface area contributed by atoms with Gasteiger partial charge in [0.25, 0.3) is 0 Å². The molecule has 0 saturated carbocycles. The fourth-order valence-corrected chi connectivity index (χ4v) is 2.39. The maximum absolute atomic E-state index is 12.4. The van der Waals surface area contributed by atoms with Gasteiger partial charge >= 0.3 is 5.97 Å². The van der Waals surface area contributed by atoms with Crippen LogP contribution < -0.4 is 18.9 Å². The summed E-state index contributed by atoms with van der Waals surface area (Å²) in [5.74, 6) is 1.43. The zero-order chi connectivity index (χ0) is 18.2. The van der Waals surface area contributed by atoms with Crippen molar-refractivity contribution in [2.24, 2.45) is 0 Å². The Kier molecular flexibility index (Phi) is 6.51. The predicted molar refractivity (Wildman–Crippen MR) is 93.1 cm³/mol. The van der Waals surface area contributed by atoms with Crippen LogP contribution in [0, 0.1) is 0 Å². The van der Waals surface area contributed by atoms with Crippen LogP contribution in [0.25, 0.3) is 0 Å². The number of methoxy groups -OCH3 is 4. The third kappa shape index (κ3) is 4.35. The highest BCUT2D eigenvalue weighted by molar-refractivity contribution is 5.94. The molecule has 25 heavy (non-hydrogen) atoms. The van der Waals surface area contributed by atoms with E-state index in [4.69, 9.17) is 23.7 Å². The van der Waals surface area contributed by atoms with Crippen LogP contribution in [-0.2, 0) is 11.2 Å². The summed E-state index contributed by atoms with van der Waals surface area (Å²) in [4.78, 5) is 12.4. The van der Waals surface area contributed by atoms with E-state index >= 15 is 0 Å². The molecule has 0 unspecified atom stereocenters. The maximum atomic E-state index is 12.4. The van der Waals surface area contributed by atoms with E-state index in [1.165, 1.54) is 21.3 Å². The third-order valence-electron chi connectivity index (χ3n) is 3.71. The van der Waals surface area contributed by atoms with Crippen molar-refractivity contribution in [2.45, 2.75) is 6.42 Å². The number of hydrogen-bond acceptors (Lipinski definition) is 6. The summed E-state index contributed by atoms with van der Waals surface area (Å²) in [7, 11) is 6.09. The molecule has 2 aromatic rings. The monoisotopic (exact) mass is 346 g/mol. The van der Waals surface area contributed by atoms with Gasteiger partial charge in [0, 0.05) is 6.42 Å². The molecule has 0 aliphatic heterocycles. The first kappa shape index (κ1) is 18.4. The Balaban J connectivity index is 2.04. The molecule has 0 N–H and O–H groups in total. The van der Waals surface area contributed by atoms with Crippen molar-refractivity contribution in [3.63, 3.8) is 0 Å². The second-order valence-electron chi connectivity index (χ2n) is 5.12. The van der Waals surface area contributed by atoms with Crippen molar-refractivity contribution in [3.05, 3.63) is 47.5 Å². The largest absolute Gasteiger partial charge is 0.497 e. The van der Waals surface area contributed by atoms with Gasteiger partial charge in [0.05, 0.1) is 35.0 Å². The molecule has 6 nitrogen and oxygen atoms in total. The number of ether oxygens (including phenoxy) is 5. The Hall–Kier alpha value is -2.89. The van der Waals surface area contributed by atoms with Crippen LogP contribution >= 0.6 is 0 Å². The lowest BCUT2D eigenvalue weighted by atomic mass is 10.1. The minimum Gasteiger partial charge on any atom is -0.497 e. The van der Waals surface area contributed by atoms with Crippen molar-refractivity contribution in [1.29, 1.82) is 0 Å². The van der Waals surface area contributed by atoms with Crippen LogP contribution in [0.4, 0.5) is 0 Å². The minimum atomic E-state index is -0.480. The number of rotatable bonds is 8. The summed E-state index contributed by atoms with van der Waals surface area (Å²) >= 11 is 0. The van der Waals surface area contributed by atoms with Crippen molar-refractivity contribution in [3.8, 4) is 23.0 Å². The smallest absolute Gasteiger partial charge is 0.342 e. The molecule has 0 fully saturated rings. The Morgan fingerprint density at radius 2 is 1.48 bits per heavy atom. The van der Waals surface area contributed by atoms with E-state index in [0.29, 0.717) is 17.9 Å².